The number of hydrogen-bond donors (Lipinski definition) is 3. The molecule has 3 aromatic carbocycles. The number of fused-ring (bicyclic) bond motifs is 1. The molecule has 0 spiro atoms. The summed E-state index contributed by atoms with van der Waals surface area (Å²) < 4.78 is 35.7. The molecule has 16 heteroatoms. The van der Waals surface area contributed by atoms with Gasteiger partial charge in [0.2, 0.25) is 0 Å². The van der Waals surface area contributed by atoms with E-state index in [0.29, 0.717) is 22.8 Å². The largest absolute Gasteiger partial charge is 0.455 e. The second-order valence-electron chi connectivity index (χ2n) is 15.9. The first-order chi connectivity index (χ1) is 28.8. The summed E-state index contributed by atoms with van der Waals surface area (Å²) in [5.41, 5.74) is 6.06. The molecule has 1 aliphatic carbocycles. The number of halogens is 1. The highest BCUT2D eigenvalue weighted by Crippen LogP contribution is 2.43. The minimum absolute atomic E-state index is 0.0429. The van der Waals surface area contributed by atoms with Gasteiger partial charge in [0.25, 0.3) is 21.6 Å². The number of carbonyl (C=O) groups is 1. The van der Waals surface area contributed by atoms with Crippen LogP contribution in [0.2, 0.25) is 5.02 Å². The molecule has 60 heavy (non-hydrogen) atoms. The first-order valence-electron chi connectivity index (χ1n) is 19.6. The number of thioether (sulfide) groups is 1. The fraction of sp³-hybridized carbons (Fsp3) is 0.273. The van der Waals surface area contributed by atoms with Crippen molar-refractivity contribution in [2.45, 2.75) is 38.0 Å². The van der Waals surface area contributed by atoms with Crippen LogP contribution in [0.15, 0.2) is 119 Å². The Balaban J connectivity index is 1.02. The zero-order valence-corrected chi connectivity index (χ0v) is 35.5. The summed E-state index contributed by atoms with van der Waals surface area (Å²) in [5.74, 6) is 0.203. The van der Waals surface area contributed by atoms with Gasteiger partial charge >= 0.3 is 0 Å². The summed E-state index contributed by atoms with van der Waals surface area (Å²) in [5, 5.41) is 18.4. The van der Waals surface area contributed by atoms with E-state index in [-0.39, 0.29) is 22.4 Å². The van der Waals surface area contributed by atoms with Gasteiger partial charge in [-0.25, -0.2) is 18.1 Å². The van der Waals surface area contributed by atoms with E-state index >= 15 is 0 Å². The van der Waals surface area contributed by atoms with E-state index in [0.717, 1.165) is 74.1 Å². The van der Waals surface area contributed by atoms with Crippen LogP contribution in [-0.2, 0) is 10.0 Å². The zero-order valence-electron chi connectivity index (χ0n) is 33.1. The molecule has 0 radical (unpaired) electrons. The second kappa shape index (κ2) is 17.2. The van der Waals surface area contributed by atoms with Gasteiger partial charge in [0.15, 0.2) is 0 Å². The van der Waals surface area contributed by atoms with Crippen molar-refractivity contribution in [3.8, 4) is 11.5 Å². The Morgan fingerprint density at radius 1 is 1.05 bits per heavy atom. The van der Waals surface area contributed by atoms with Crippen molar-refractivity contribution < 1.29 is 22.9 Å². The van der Waals surface area contributed by atoms with Crippen LogP contribution in [0.5, 0.6) is 11.5 Å². The van der Waals surface area contributed by atoms with Gasteiger partial charge < -0.3 is 19.9 Å². The van der Waals surface area contributed by atoms with Crippen molar-refractivity contribution in [2.75, 3.05) is 48.7 Å². The molecule has 2 aromatic heterocycles. The molecular weight excluding hydrogens is 822 g/mol. The number of nitrogens with one attached hydrogen (secondary N) is 3. The zero-order chi connectivity index (χ0) is 42.0. The Bertz CT molecular complexity index is 2670. The molecule has 3 N–H and O–H groups in total. The van der Waals surface area contributed by atoms with Crippen molar-refractivity contribution in [3.05, 3.63) is 140 Å². The summed E-state index contributed by atoms with van der Waals surface area (Å²) in [6, 6.07) is 20.3. The lowest BCUT2D eigenvalue weighted by Gasteiger charge is -2.39. The maximum absolute atomic E-state index is 13.9. The minimum Gasteiger partial charge on any atom is -0.455 e. The molecule has 2 aliphatic heterocycles. The van der Waals surface area contributed by atoms with Crippen LogP contribution in [0, 0.1) is 15.5 Å². The van der Waals surface area contributed by atoms with E-state index < -0.39 is 31.4 Å². The number of nitro groups is 1. The summed E-state index contributed by atoms with van der Waals surface area (Å²) >= 11 is 7.81. The number of aromatic nitrogens is 2. The number of benzene rings is 3. The van der Waals surface area contributed by atoms with Gasteiger partial charge in [0, 0.05) is 78.6 Å². The molecule has 0 unspecified atom stereocenters. The number of pyridine rings is 1. The first kappa shape index (κ1) is 41.1. The highest BCUT2D eigenvalue weighted by molar-refractivity contribution is 8.02. The molecule has 1 saturated heterocycles. The van der Waals surface area contributed by atoms with Crippen molar-refractivity contribution in [3.63, 3.8) is 0 Å². The van der Waals surface area contributed by atoms with Gasteiger partial charge in [-0.2, -0.15) is 0 Å². The molecule has 4 heterocycles. The van der Waals surface area contributed by atoms with Gasteiger partial charge in [0.1, 0.15) is 22.8 Å². The normalized spacial score (nSPS) is 17.1. The van der Waals surface area contributed by atoms with E-state index in [1.165, 1.54) is 41.1 Å². The van der Waals surface area contributed by atoms with Gasteiger partial charge in [-0.1, -0.05) is 49.2 Å². The fourth-order valence-corrected chi connectivity index (χ4v) is 9.52. The lowest BCUT2D eigenvalue weighted by molar-refractivity contribution is -0.384. The molecule has 310 valence electrons. The highest BCUT2D eigenvalue weighted by Gasteiger charge is 2.30. The Morgan fingerprint density at radius 2 is 1.85 bits per heavy atom. The molecule has 3 aliphatic rings. The molecule has 1 fully saturated rings. The van der Waals surface area contributed by atoms with Gasteiger partial charge in [-0.05, 0) is 95.8 Å². The van der Waals surface area contributed by atoms with E-state index in [1.807, 2.05) is 29.7 Å². The minimum atomic E-state index is -4.57. The average Bonchev–Trinajstić information content (AvgIpc) is 3.70. The van der Waals surface area contributed by atoms with E-state index in [1.54, 1.807) is 42.2 Å². The van der Waals surface area contributed by atoms with Crippen molar-refractivity contribution in [1.29, 1.82) is 0 Å². The number of nitro benzene ring substituents is 1. The number of hydrogen-bond acceptors (Lipinski definition) is 11. The molecule has 1 amide bonds. The van der Waals surface area contributed by atoms with E-state index in [4.69, 9.17) is 16.3 Å². The number of ether oxygens (including phenoxy) is 1. The van der Waals surface area contributed by atoms with Crippen LogP contribution in [-0.4, -0.2) is 72.6 Å². The fourth-order valence-electron chi connectivity index (χ4n) is 7.78. The average molecular weight is 866 g/mol. The van der Waals surface area contributed by atoms with Gasteiger partial charge in [-0.3, -0.25) is 19.8 Å². The standard InChI is InChI=1S/C44H44ClN7O6S2/c1-44(2)15-11-31(38(26-44)29-3-5-32(45)6-4-29)28-50-17-19-51(20-18-50)34-7-9-37(41(24-34)58-35-23-30-12-16-46-42(30)47-27-35)43(53)49-60(56,57)36-8-10-39(40(25-36)52(54)55)48-33-13-21-59-22-14-33/h3-10,12-14,16,21,23-25,27,48H,11,15,17-20,22,26,28H2,1-2H3,(H,46,47)(H,49,53). The van der Waals surface area contributed by atoms with Crippen LogP contribution in [0.1, 0.15) is 49.0 Å². The van der Waals surface area contributed by atoms with Gasteiger partial charge in [0.05, 0.1) is 21.6 Å². The second-order valence-corrected chi connectivity index (χ2v) is 18.9. The Morgan fingerprint density at radius 3 is 2.60 bits per heavy atom. The molecular formula is C44H44ClN7O6S2. The predicted octanol–water partition coefficient (Wildman–Crippen LogP) is 9.38. The SMILES string of the molecule is CC1(C)CCC(CN2CCN(c3ccc(C(=O)NS(=O)(=O)c4ccc(NC5=CCSC=C5)c([N+](=O)[O-])c4)c(Oc4cnc5[nH]ccc5c4)c3)CC2)=C(c2ccc(Cl)cc2)C1. The lowest BCUT2D eigenvalue weighted by atomic mass is 9.72. The van der Waals surface area contributed by atoms with Crippen LogP contribution in [0.25, 0.3) is 16.6 Å². The van der Waals surface area contributed by atoms with Crippen molar-refractivity contribution in [2.24, 2.45) is 5.41 Å². The number of H-pyrrole nitrogens is 1. The van der Waals surface area contributed by atoms with Crippen LogP contribution in [0.4, 0.5) is 17.1 Å². The van der Waals surface area contributed by atoms with Gasteiger partial charge in [-0.15, -0.1) is 11.8 Å². The molecule has 8 rings (SSSR count). The highest BCUT2D eigenvalue weighted by atomic mass is 35.5. The number of amides is 1. The summed E-state index contributed by atoms with van der Waals surface area (Å²) in [4.78, 5) is 37.0. The summed E-state index contributed by atoms with van der Waals surface area (Å²) in [7, 11) is -4.57. The lowest BCUT2D eigenvalue weighted by Crippen LogP contribution is -2.47. The third kappa shape index (κ3) is 9.39. The number of aromatic amines is 1. The number of rotatable bonds is 12. The topological polar surface area (TPSA) is 163 Å². The molecule has 5 aromatic rings. The molecule has 0 bridgehead atoms. The molecule has 13 nitrogen and oxygen atoms in total. The maximum Gasteiger partial charge on any atom is 0.294 e. The van der Waals surface area contributed by atoms with E-state index in [2.05, 4.69) is 55.8 Å². The smallest absolute Gasteiger partial charge is 0.294 e. The number of carbonyl (C=O) groups excluding carboxylic acids is 1. The first-order valence-corrected chi connectivity index (χ1v) is 22.5. The quantitative estimate of drug-likeness (QED) is 0.0809. The number of anilines is 2. The molecule has 0 saturated carbocycles. The van der Waals surface area contributed by atoms with Crippen molar-refractivity contribution >= 4 is 73.0 Å². The van der Waals surface area contributed by atoms with Crippen molar-refractivity contribution in [1.82, 2.24) is 19.6 Å². The Kier molecular flexibility index (Phi) is 11.8. The summed E-state index contributed by atoms with van der Waals surface area (Å²) in [6.45, 7) is 8.63. The third-order valence-electron chi connectivity index (χ3n) is 11.1. The Hall–Kier alpha value is -5.61. The molecule has 0 atom stereocenters. The number of sulfonamides is 1. The maximum atomic E-state index is 13.9. The third-order valence-corrected chi connectivity index (χ3v) is 13.3. The summed E-state index contributed by atoms with van der Waals surface area (Å²) in [6.07, 6.45) is 10.1. The van der Waals surface area contributed by atoms with Crippen LogP contribution >= 0.6 is 23.4 Å². The monoisotopic (exact) mass is 865 g/mol. The number of nitrogens with zero attached hydrogens (tertiary/aromatic N) is 4. The number of piperazine rings is 1. The van der Waals surface area contributed by atoms with Crippen LogP contribution < -0.4 is 19.7 Å². The number of allylic oxidation sites excluding steroid dienone is 2. The Labute approximate surface area is 357 Å². The van der Waals surface area contributed by atoms with E-state index in [9.17, 15) is 23.3 Å². The predicted molar refractivity (Wildman–Crippen MR) is 238 cm³/mol. The van der Waals surface area contributed by atoms with Crippen LogP contribution in [0.3, 0.4) is 0 Å².